The molecule has 0 spiro atoms. The van der Waals surface area contributed by atoms with Crippen molar-refractivity contribution in [3.05, 3.63) is 59.9 Å². The predicted octanol–water partition coefficient (Wildman–Crippen LogP) is 4.26. The minimum Gasteiger partial charge on any atom is -0.381 e. The van der Waals surface area contributed by atoms with Crippen LogP contribution in [0, 0.1) is 18.6 Å². The molecule has 2 N–H and O–H groups in total. The summed E-state index contributed by atoms with van der Waals surface area (Å²) in [7, 11) is 0. The molecule has 2 aromatic carbocycles. The van der Waals surface area contributed by atoms with Crippen molar-refractivity contribution in [1.29, 1.82) is 0 Å². The number of aromatic nitrogens is 3. The number of anilines is 3. The fourth-order valence-corrected chi connectivity index (χ4v) is 4.85. The third-order valence-electron chi connectivity index (χ3n) is 6.28. The Kier molecular flexibility index (Phi) is 6.24. The van der Waals surface area contributed by atoms with Gasteiger partial charge in [-0.2, -0.15) is 4.98 Å². The summed E-state index contributed by atoms with van der Waals surface area (Å²) < 4.78 is 33.9. The van der Waals surface area contributed by atoms with Crippen molar-refractivity contribution in [1.82, 2.24) is 19.7 Å². The van der Waals surface area contributed by atoms with Crippen LogP contribution in [0.2, 0.25) is 0 Å². The number of halogens is 2. The highest BCUT2D eigenvalue weighted by Crippen LogP contribution is 2.30. The van der Waals surface area contributed by atoms with Crippen LogP contribution in [0.15, 0.2) is 42.7 Å². The van der Waals surface area contributed by atoms with Crippen LogP contribution in [0.3, 0.4) is 0 Å². The second kappa shape index (κ2) is 9.44. The number of benzene rings is 2. The van der Waals surface area contributed by atoms with E-state index in [0.29, 0.717) is 18.0 Å². The Morgan fingerprint density at radius 2 is 1.73 bits per heavy atom. The summed E-state index contributed by atoms with van der Waals surface area (Å²) in [5, 5.41) is 11.3. The molecule has 0 radical (unpaired) electrons. The molecule has 2 aliphatic rings. The monoisotopic (exact) mass is 454 g/mol. The number of morpholine rings is 1. The Bertz CT molecular complexity index is 1090. The van der Waals surface area contributed by atoms with Gasteiger partial charge >= 0.3 is 0 Å². The van der Waals surface area contributed by atoms with E-state index in [1.54, 1.807) is 0 Å². The molecule has 0 bridgehead atoms. The fourth-order valence-electron chi connectivity index (χ4n) is 4.85. The maximum absolute atomic E-state index is 13.5. The summed E-state index contributed by atoms with van der Waals surface area (Å²) in [5.74, 6) is -0.971. The number of rotatable bonds is 6. The highest BCUT2D eigenvalue weighted by Gasteiger charge is 2.32. The van der Waals surface area contributed by atoms with E-state index in [2.05, 4.69) is 31.7 Å². The van der Waals surface area contributed by atoms with E-state index < -0.39 is 11.6 Å². The topological polar surface area (TPSA) is 67.2 Å². The Labute approximate surface area is 191 Å². The minimum absolute atomic E-state index is 0.273. The lowest BCUT2D eigenvalue weighted by molar-refractivity contribution is 0.0161. The standard InChI is InChI=1S/C24H28F2N6O/c1-16-9-19(28-22-3-2-4-23(22)31-5-7-33-8-6-31)14-20(10-16)29-24-27-15-32(30-24)21-12-17(25)11-18(26)13-21/h9-15,22-23,28H,2-8H2,1H3,(H,29,30). The molecule has 2 atom stereocenters. The van der Waals surface area contributed by atoms with Gasteiger partial charge in [0, 0.05) is 42.6 Å². The Morgan fingerprint density at radius 1 is 0.970 bits per heavy atom. The van der Waals surface area contributed by atoms with Gasteiger partial charge in [0.05, 0.1) is 18.9 Å². The Balaban J connectivity index is 1.29. The van der Waals surface area contributed by atoms with Crippen LogP contribution in [-0.2, 0) is 4.74 Å². The first kappa shape index (κ1) is 21.8. The molecular weight excluding hydrogens is 426 g/mol. The van der Waals surface area contributed by atoms with Crippen LogP contribution in [0.4, 0.5) is 26.1 Å². The molecule has 7 nitrogen and oxygen atoms in total. The zero-order valence-electron chi connectivity index (χ0n) is 18.6. The van der Waals surface area contributed by atoms with Crippen molar-refractivity contribution in [3.63, 3.8) is 0 Å². The van der Waals surface area contributed by atoms with E-state index in [4.69, 9.17) is 4.74 Å². The van der Waals surface area contributed by atoms with Gasteiger partial charge in [-0.15, -0.1) is 5.10 Å². The van der Waals surface area contributed by atoms with Gasteiger partial charge in [0.2, 0.25) is 5.95 Å². The summed E-state index contributed by atoms with van der Waals surface area (Å²) >= 11 is 0. The van der Waals surface area contributed by atoms with Gasteiger partial charge in [0.25, 0.3) is 0 Å². The molecule has 0 amide bonds. The van der Waals surface area contributed by atoms with Crippen molar-refractivity contribution in [3.8, 4) is 5.69 Å². The smallest absolute Gasteiger partial charge is 0.246 e. The minimum atomic E-state index is -0.660. The second-order valence-electron chi connectivity index (χ2n) is 8.75. The molecule has 1 aliphatic heterocycles. The van der Waals surface area contributed by atoms with Crippen molar-refractivity contribution in [2.24, 2.45) is 0 Å². The van der Waals surface area contributed by atoms with Gasteiger partial charge in [-0.1, -0.05) is 0 Å². The lowest BCUT2D eigenvalue weighted by Crippen LogP contribution is -2.48. The van der Waals surface area contributed by atoms with E-state index in [1.807, 2.05) is 19.1 Å². The maximum atomic E-state index is 13.5. The van der Waals surface area contributed by atoms with Gasteiger partial charge < -0.3 is 15.4 Å². The van der Waals surface area contributed by atoms with Gasteiger partial charge in [-0.3, -0.25) is 4.90 Å². The van der Waals surface area contributed by atoms with Crippen LogP contribution < -0.4 is 10.6 Å². The van der Waals surface area contributed by atoms with Crippen LogP contribution in [0.5, 0.6) is 0 Å². The highest BCUT2D eigenvalue weighted by molar-refractivity contribution is 5.63. The van der Waals surface area contributed by atoms with Crippen LogP contribution >= 0.6 is 0 Å². The van der Waals surface area contributed by atoms with Gasteiger partial charge in [-0.25, -0.2) is 13.5 Å². The molecule has 1 aliphatic carbocycles. The third kappa shape index (κ3) is 5.15. The number of aryl methyl sites for hydroxylation is 1. The molecular formula is C24H28F2N6O. The predicted molar refractivity (Wildman–Crippen MR) is 123 cm³/mol. The second-order valence-corrected chi connectivity index (χ2v) is 8.75. The zero-order valence-corrected chi connectivity index (χ0v) is 18.6. The zero-order chi connectivity index (χ0) is 22.8. The summed E-state index contributed by atoms with van der Waals surface area (Å²) in [6, 6.07) is 10.4. The number of ether oxygens (including phenoxy) is 1. The number of nitrogens with zero attached hydrogens (tertiary/aromatic N) is 4. The lowest BCUT2D eigenvalue weighted by atomic mass is 10.1. The van der Waals surface area contributed by atoms with E-state index in [1.165, 1.54) is 36.0 Å². The molecule has 3 aromatic rings. The largest absolute Gasteiger partial charge is 0.381 e. The summed E-state index contributed by atoms with van der Waals surface area (Å²) in [5.41, 5.74) is 3.28. The fraction of sp³-hybridized carbons (Fsp3) is 0.417. The summed E-state index contributed by atoms with van der Waals surface area (Å²) in [4.78, 5) is 6.79. The van der Waals surface area contributed by atoms with E-state index in [-0.39, 0.29) is 5.69 Å². The molecule has 5 rings (SSSR count). The normalized spacial score (nSPS) is 21.3. The molecule has 1 aromatic heterocycles. The van der Waals surface area contributed by atoms with Crippen molar-refractivity contribution >= 4 is 17.3 Å². The Morgan fingerprint density at radius 3 is 2.52 bits per heavy atom. The first-order chi connectivity index (χ1) is 16.0. The molecule has 174 valence electrons. The molecule has 2 fully saturated rings. The van der Waals surface area contributed by atoms with Gasteiger partial charge in [0.1, 0.15) is 18.0 Å². The van der Waals surface area contributed by atoms with Crippen LogP contribution in [-0.4, -0.2) is 58.1 Å². The molecule has 9 heteroatoms. The van der Waals surface area contributed by atoms with Gasteiger partial charge in [-0.05, 0) is 62.1 Å². The molecule has 2 unspecified atom stereocenters. The average molecular weight is 455 g/mol. The van der Waals surface area contributed by atoms with E-state index in [9.17, 15) is 8.78 Å². The summed E-state index contributed by atoms with van der Waals surface area (Å²) in [6.07, 6.45) is 5.00. The SMILES string of the molecule is Cc1cc(Nc2ncn(-c3cc(F)cc(F)c3)n2)cc(NC2CCCC2N2CCOCC2)c1. The molecule has 1 saturated carbocycles. The number of nitrogens with one attached hydrogen (secondary N) is 2. The van der Waals surface area contributed by atoms with Gasteiger partial charge in [0.15, 0.2) is 0 Å². The first-order valence-electron chi connectivity index (χ1n) is 11.4. The molecule has 1 saturated heterocycles. The third-order valence-corrected chi connectivity index (χ3v) is 6.28. The lowest BCUT2D eigenvalue weighted by Gasteiger charge is -2.36. The number of hydrogen-bond donors (Lipinski definition) is 2. The molecule has 33 heavy (non-hydrogen) atoms. The van der Waals surface area contributed by atoms with Crippen LogP contribution in [0.1, 0.15) is 24.8 Å². The average Bonchev–Trinajstić information content (AvgIpc) is 3.43. The maximum Gasteiger partial charge on any atom is 0.246 e. The van der Waals surface area contributed by atoms with E-state index >= 15 is 0 Å². The summed E-state index contributed by atoms with van der Waals surface area (Å²) in [6.45, 7) is 5.65. The van der Waals surface area contributed by atoms with Crippen molar-refractivity contribution in [2.45, 2.75) is 38.3 Å². The number of hydrogen-bond acceptors (Lipinski definition) is 6. The van der Waals surface area contributed by atoms with E-state index in [0.717, 1.165) is 55.7 Å². The quantitative estimate of drug-likeness (QED) is 0.580. The van der Waals surface area contributed by atoms with Crippen molar-refractivity contribution in [2.75, 3.05) is 36.9 Å². The van der Waals surface area contributed by atoms with Crippen LogP contribution in [0.25, 0.3) is 5.69 Å². The molecule has 2 heterocycles. The Hall–Kier alpha value is -3.04. The first-order valence-corrected chi connectivity index (χ1v) is 11.4. The highest BCUT2D eigenvalue weighted by atomic mass is 19.1. The van der Waals surface area contributed by atoms with Crippen molar-refractivity contribution < 1.29 is 13.5 Å².